The number of rotatable bonds is 8. The third-order valence-corrected chi connectivity index (χ3v) is 7.13. The summed E-state index contributed by atoms with van der Waals surface area (Å²) in [5, 5.41) is 14.4. The molecule has 2 N–H and O–H groups in total. The summed E-state index contributed by atoms with van der Waals surface area (Å²) < 4.78 is 1.56. The molecule has 1 atom stereocenters. The van der Waals surface area contributed by atoms with Gasteiger partial charge in [0, 0.05) is 24.3 Å². The summed E-state index contributed by atoms with van der Waals surface area (Å²) in [6.07, 6.45) is 4.01. The zero-order valence-electron chi connectivity index (χ0n) is 22.1. The average molecular weight is 525 g/mol. The number of para-hydroxylation sites is 1. The number of anilines is 2. The number of nitrogens with zero attached hydrogens (tertiary/aromatic N) is 4. The molecule has 5 rings (SSSR count). The maximum absolute atomic E-state index is 14.2. The first-order valence-electron chi connectivity index (χ1n) is 13.2. The van der Waals surface area contributed by atoms with Gasteiger partial charge in [0.15, 0.2) is 0 Å². The normalized spacial score (nSPS) is 14.2. The first-order chi connectivity index (χ1) is 18.9. The van der Waals surface area contributed by atoms with Crippen LogP contribution in [0.1, 0.15) is 49.8 Å². The Kier molecular flexibility index (Phi) is 7.67. The molecule has 1 aliphatic carbocycles. The fourth-order valence-electron chi connectivity index (χ4n) is 5.23. The number of carbonyl (C=O) groups is 3. The topological polar surface area (TPSA) is 109 Å². The number of benzene rings is 3. The Hall–Kier alpha value is -4.53. The summed E-state index contributed by atoms with van der Waals surface area (Å²) in [4.78, 5) is 41.3. The van der Waals surface area contributed by atoms with Gasteiger partial charge in [-0.15, -0.1) is 5.10 Å². The number of nitrogens with one attached hydrogen (secondary N) is 2. The molecule has 1 aliphatic rings. The zero-order valence-corrected chi connectivity index (χ0v) is 22.1. The van der Waals surface area contributed by atoms with Gasteiger partial charge in [0.2, 0.25) is 17.7 Å². The first kappa shape index (κ1) is 26.1. The second-order valence-corrected chi connectivity index (χ2v) is 9.98. The molecule has 9 nitrogen and oxygen atoms in total. The molecule has 1 aromatic heterocycles. The van der Waals surface area contributed by atoms with Gasteiger partial charge in [-0.1, -0.05) is 54.5 Å². The number of aromatic nitrogens is 3. The van der Waals surface area contributed by atoms with Crippen molar-refractivity contribution in [2.75, 3.05) is 10.2 Å². The lowest BCUT2D eigenvalue weighted by atomic mass is 9.97. The molecule has 4 aromatic rings. The molecule has 9 heteroatoms. The lowest BCUT2D eigenvalue weighted by Crippen LogP contribution is -2.47. The van der Waals surface area contributed by atoms with Crippen LogP contribution in [-0.4, -0.2) is 38.8 Å². The highest BCUT2D eigenvalue weighted by molar-refractivity contribution is 6.02. The SMILES string of the molecule is CC(=O)Nc1ccc(N(C(=O)Cn2nnc3ccccc32)C(C(=O)NC2CCCC2)c2ccccc2C)cc1. The zero-order chi connectivity index (χ0) is 27.4. The van der Waals surface area contributed by atoms with Crippen LogP contribution in [0, 0.1) is 6.92 Å². The van der Waals surface area contributed by atoms with Crippen molar-refractivity contribution < 1.29 is 14.4 Å². The smallest absolute Gasteiger partial charge is 0.249 e. The molecule has 0 bridgehead atoms. The van der Waals surface area contributed by atoms with E-state index in [1.807, 2.05) is 55.5 Å². The molecule has 1 saturated carbocycles. The lowest BCUT2D eigenvalue weighted by molar-refractivity contribution is -0.127. The van der Waals surface area contributed by atoms with E-state index in [9.17, 15) is 14.4 Å². The molecule has 1 heterocycles. The van der Waals surface area contributed by atoms with Crippen molar-refractivity contribution in [3.05, 3.63) is 83.9 Å². The van der Waals surface area contributed by atoms with Crippen LogP contribution in [-0.2, 0) is 20.9 Å². The minimum absolute atomic E-state index is 0.0855. The predicted molar refractivity (Wildman–Crippen MR) is 150 cm³/mol. The molecule has 1 fully saturated rings. The summed E-state index contributed by atoms with van der Waals surface area (Å²) in [5.41, 5.74) is 4.20. The standard InChI is InChI=1S/C30H32N6O3/c1-20-9-3-6-12-25(20)29(30(39)32-22-10-4-5-11-22)36(24-17-15-23(16-18-24)31-21(2)37)28(38)19-35-27-14-8-7-13-26(27)33-34-35/h3,6-9,12-18,22,29H,4-5,10-11,19H2,1-2H3,(H,31,37)(H,32,39). The minimum Gasteiger partial charge on any atom is -0.351 e. The van der Waals surface area contributed by atoms with Crippen LogP contribution >= 0.6 is 0 Å². The first-order valence-corrected chi connectivity index (χ1v) is 13.2. The largest absolute Gasteiger partial charge is 0.351 e. The van der Waals surface area contributed by atoms with Crippen LogP contribution in [0.5, 0.6) is 0 Å². The summed E-state index contributed by atoms with van der Waals surface area (Å²) >= 11 is 0. The number of carbonyl (C=O) groups excluding carboxylic acids is 3. The molecular weight excluding hydrogens is 492 g/mol. The Bertz CT molecular complexity index is 1490. The Morgan fingerprint density at radius 1 is 0.974 bits per heavy atom. The summed E-state index contributed by atoms with van der Waals surface area (Å²) in [6, 6.07) is 21.2. The predicted octanol–water partition coefficient (Wildman–Crippen LogP) is 4.53. The van der Waals surface area contributed by atoms with E-state index in [-0.39, 0.29) is 30.3 Å². The molecule has 0 spiro atoms. The van der Waals surface area contributed by atoms with Gasteiger partial charge >= 0.3 is 0 Å². The van der Waals surface area contributed by atoms with Gasteiger partial charge in [-0.05, 0) is 67.3 Å². The van der Waals surface area contributed by atoms with Crippen molar-refractivity contribution >= 4 is 40.1 Å². The van der Waals surface area contributed by atoms with E-state index in [0.717, 1.165) is 42.3 Å². The number of aryl methyl sites for hydroxylation is 1. The summed E-state index contributed by atoms with van der Waals surface area (Å²) in [7, 11) is 0. The van der Waals surface area contributed by atoms with Gasteiger partial charge in [0.25, 0.3) is 0 Å². The van der Waals surface area contributed by atoms with E-state index >= 15 is 0 Å². The second kappa shape index (κ2) is 11.5. The quantitative estimate of drug-likeness (QED) is 0.352. The Labute approximate surface area is 227 Å². The van der Waals surface area contributed by atoms with Gasteiger partial charge in [0.05, 0.1) is 5.52 Å². The van der Waals surface area contributed by atoms with Gasteiger partial charge in [-0.3, -0.25) is 19.3 Å². The molecule has 39 heavy (non-hydrogen) atoms. The van der Waals surface area contributed by atoms with E-state index < -0.39 is 6.04 Å². The van der Waals surface area contributed by atoms with Gasteiger partial charge < -0.3 is 10.6 Å². The van der Waals surface area contributed by atoms with Gasteiger partial charge in [-0.25, -0.2) is 4.68 Å². The second-order valence-electron chi connectivity index (χ2n) is 9.98. The Morgan fingerprint density at radius 2 is 1.67 bits per heavy atom. The third kappa shape index (κ3) is 5.82. The van der Waals surface area contributed by atoms with Crippen molar-refractivity contribution in [1.82, 2.24) is 20.3 Å². The lowest BCUT2D eigenvalue weighted by Gasteiger charge is -2.33. The highest BCUT2D eigenvalue weighted by Gasteiger charge is 2.35. The van der Waals surface area contributed by atoms with E-state index in [1.165, 1.54) is 6.92 Å². The van der Waals surface area contributed by atoms with Crippen LogP contribution in [0.4, 0.5) is 11.4 Å². The van der Waals surface area contributed by atoms with Gasteiger partial charge in [-0.2, -0.15) is 0 Å². The number of hydrogen-bond acceptors (Lipinski definition) is 5. The summed E-state index contributed by atoms with van der Waals surface area (Å²) in [6.45, 7) is 3.28. The highest BCUT2D eigenvalue weighted by Crippen LogP contribution is 2.32. The fraction of sp³-hybridized carbons (Fsp3) is 0.300. The minimum atomic E-state index is -0.902. The molecule has 1 unspecified atom stereocenters. The number of hydrogen-bond donors (Lipinski definition) is 2. The average Bonchev–Trinajstić information content (AvgIpc) is 3.58. The van der Waals surface area contributed by atoms with Gasteiger partial charge in [0.1, 0.15) is 18.1 Å². The van der Waals surface area contributed by atoms with Crippen molar-refractivity contribution in [1.29, 1.82) is 0 Å². The van der Waals surface area contributed by atoms with Crippen molar-refractivity contribution in [3.63, 3.8) is 0 Å². The van der Waals surface area contributed by atoms with Crippen molar-refractivity contribution in [2.24, 2.45) is 0 Å². The Balaban J connectivity index is 1.58. The molecular formula is C30H32N6O3. The van der Waals surface area contributed by atoms with E-state index in [1.54, 1.807) is 33.8 Å². The van der Waals surface area contributed by atoms with Crippen LogP contribution in [0.15, 0.2) is 72.8 Å². The van der Waals surface area contributed by atoms with E-state index in [2.05, 4.69) is 20.9 Å². The van der Waals surface area contributed by atoms with Crippen LogP contribution in [0.25, 0.3) is 11.0 Å². The Morgan fingerprint density at radius 3 is 2.38 bits per heavy atom. The molecule has 200 valence electrons. The maximum Gasteiger partial charge on any atom is 0.249 e. The number of fused-ring (bicyclic) bond motifs is 1. The van der Waals surface area contributed by atoms with Crippen molar-refractivity contribution in [2.45, 2.75) is 58.2 Å². The van der Waals surface area contributed by atoms with Crippen LogP contribution in [0.3, 0.4) is 0 Å². The number of amides is 3. The molecule has 3 amide bonds. The molecule has 0 saturated heterocycles. The van der Waals surface area contributed by atoms with E-state index in [4.69, 9.17) is 0 Å². The molecule has 3 aromatic carbocycles. The van der Waals surface area contributed by atoms with E-state index in [0.29, 0.717) is 16.9 Å². The third-order valence-electron chi connectivity index (χ3n) is 7.13. The summed E-state index contributed by atoms with van der Waals surface area (Å²) in [5.74, 6) is -0.728. The maximum atomic E-state index is 14.2. The van der Waals surface area contributed by atoms with Crippen LogP contribution in [0.2, 0.25) is 0 Å². The fourth-order valence-corrected chi connectivity index (χ4v) is 5.23. The molecule has 0 aliphatic heterocycles. The van der Waals surface area contributed by atoms with Crippen LogP contribution < -0.4 is 15.5 Å². The van der Waals surface area contributed by atoms with Crippen molar-refractivity contribution in [3.8, 4) is 0 Å². The highest BCUT2D eigenvalue weighted by atomic mass is 16.2. The molecule has 0 radical (unpaired) electrons. The monoisotopic (exact) mass is 524 g/mol.